The predicted octanol–water partition coefficient (Wildman–Crippen LogP) is 3.02. The summed E-state index contributed by atoms with van der Waals surface area (Å²) in [7, 11) is 0. The van der Waals surface area contributed by atoms with Gasteiger partial charge in [0.1, 0.15) is 5.75 Å². The summed E-state index contributed by atoms with van der Waals surface area (Å²) in [5.41, 5.74) is 8.41. The molecule has 2 aromatic carbocycles. The molecule has 0 fully saturated rings. The number of hydrogen-bond donors (Lipinski definition) is 1. The van der Waals surface area contributed by atoms with Crippen LogP contribution in [0.2, 0.25) is 0 Å². The monoisotopic (exact) mass is 296 g/mol. The molecule has 114 valence electrons. The van der Waals surface area contributed by atoms with Gasteiger partial charge < -0.3 is 15.4 Å². The fourth-order valence-electron chi connectivity index (χ4n) is 2.73. The van der Waals surface area contributed by atoms with E-state index in [0.717, 1.165) is 29.0 Å². The molecule has 1 amide bonds. The standard InChI is InChI=1S/C18H20N2O2/c1-2-10-20-15-9-8-13(12-19)11-16(15)22-17(18(20)21)14-6-4-3-5-7-14/h3-9,11,17H,2,10,12,19H2,1H3. The van der Waals surface area contributed by atoms with Gasteiger partial charge in [-0.2, -0.15) is 0 Å². The number of carbonyl (C=O) groups excluding carboxylic acids is 1. The number of nitrogens with zero attached hydrogens (tertiary/aromatic N) is 1. The SMILES string of the molecule is CCCN1C(=O)C(c2ccccc2)Oc2cc(CN)ccc21. The fourth-order valence-corrected chi connectivity index (χ4v) is 2.73. The summed E-state index contributed by atoms with van der Waals surface area (Å²) in [4.78, 5) is 14.6. The van der Waals surface area contributed by atoms with E-state index in [0.29, 0.717) is 13.1 Å². The van der Waals surface area contributed by atoms with E-state index in [1.807, 2.05) is 53.4 Å². The number of ether oxygens (including phenoxy) is 1. The van der Waals surface area contributed by atoms with Crippen molar-refractivity contribution in [1.82, 2.24) is 0 Å². The predicted molar refractivity (Wildman–Crippen MR) is 86.8 cm³/mol. The fraction of sp³-hybridized carbons (Fsp3) is 0.278. The molecule has 4 heteroatoms. The molecule has 0 aromatic heterocycles. The van der Waals surface area contributed by atoms with Crippen molar-refractivity contribution in [2.75, 3.05) is 11.4 Å². The van der Waals surface area contributed by atoms with Crippen molar-refractivity contribution in [3.63, 3.8) is 0 Å². The number of anilines is 1. The highest BCUT2D eigenvalue weighted by Gasteiger charge is 2.35. The molecule has 0 aliphatic carbocycles. The van der Waals surface area contributed by atoms with Gasteiger partial charge in [-0.3, -0.25) is 4.79 Å². The summed E-state index contributed by atoms with van der Waals surface area (Å²) in [5, 5.41) is 0. The lowest BCUT2D eigenvalue weighted by molar-refractivity contribution is -0.126. The van der Waals surface area contributed by atoms with Crippen LogP contribution in [0.25, 0.3) is 0 Å². The molecule has 0 saturated heterocycles. The van der Waals surface area contributed by atoms with Crippen LogP contribution >= 0.6 is 0 Å². The van der Waals surface area contributed by atoms with Gasteiger partial charge in [-0.05, 0) is 24.1 Å². The van der Waals surface area contributed by atoms with E-state index in [2.05, 4.69) is 6.92 Å². The van der Waals surface area contributed by atoms with E-state index in [1.165, 1.54) is 0 Å². The Kier molecular flexibility index (Phi) is 4.11. The molecule has 4 nitrogen and oxygen atoms in total. The average Bonchev–Trinajstić information content (AvgIpc) is 2.57. The lowest BCUT2D eigenvalue weighted by Gasteiger charge is -2.34. The molecule has 22 heavy (non-hydrogen) atoms. The Labute approximate surface area is 130 Å². The molecule has 2 N–H and O–H groups in total. The normalized spacial score (nSPS) is 17.1. The van der Waals surface area contributed by atoms with E-state index in [9.17, 15) is 4.79 Å². The lowest BCUT2D eigenvalue weighted by Crippen LogP contribution is -2.41. The van der Waals surface area contributed by atoms with E-state index < -0.39 is 6.10 Å². The van der Waals surface area contributed by atoms with Gasteiger partial charge >= 0.3 is 0 Å². The highest BCUT2D eigenvalue weighted by molar-refractivity contribution is 6.00. The molecule has 1 aliphatic rings. The van der Waals surface area contributed by atoms with Crippen LogP contribution in [0.15, 0.2) is 48.5 Å². The number of carbonyl (C=O) groups is 1. The zero-order chi connectivity index (χ0) is 15.5. The van der Waals surface area contributed by atoms with Crippen LogP contribution in [-0.2, 0) is 11.3 Å². The molecule has 2 aromatic rings. The topological polar surface area (TPSA) is 55.6 Å². The molecule has 0 radical (unpaired) electrons. The summed E-state index contributed by atoms with van der Waals surface area (Å²) < 4.78 is 6.00. The first-order valence-electron chi connectivity index (χ1n) is 7.60. The van der Waals surface area contributed by atoms with Gasteiger partial charge in [0.05, 0.1) is 5.69 Å². The molecule has 0 bridgehead atoms. The quantitative estimate of drug-likeness (QED) is 0.943. The van der Waals surface area contributed by atoms with Crippen molar-refractivity contribution in [2.45, 2.75) is 26.0 Å². The number of amides is 1. The first-order valence-corrected chi connectivity index (χ1v) is 7.60. The molecular formula is C18H20N2O2. The molecule has 1 atom stereocenters. The Bertz CT molecular complexity index is 670. The third-order valence-electron chi connectivity index (χ3n) is 3.84. The van der Waals surface area contributed by atoms with Crippen LogP contribution in [0.1, 0.15) is 30.6 Å². The summed E-state index contributed by atoms with van der Waals surface area (Å²) >= 11 is 0. The second-order valence-corrected chi connectivity index (χ2v) is 5.40. The summed E-state index contributed by atoms with van der Waals surface area (Å²) in [6.45, 7) is 3.20. The van der Waals surface area contributed by atoms with Gasteiger partial charge in [0.2, 0.25) is 6.10 Å². The van der Waals surface area contributed by atoms with Gasteiger partial charge in [0.15, 0.2) is 0 Å². The number of rotatable bonds is 4. The minimum Gasteiger partial charge on any atom is -0.474 e. The van der Waals surface area contributed by atoms with Crippen LogP contribution in [0.4, 0.5) is 5.69 Å². The minimum atomic E-state index is -0.590. The van der Waals surface area contributed by atoms with Crippen LogP contribution in [0.5, 0.6) is 5.75 Å². The second kappa shape index (κ2) is 6.20. The zero-order valence-corrected chi connectivity index (χ0v) is 12.7. The van der Waals surface area contributed by atoms with Crippen molar-refractivity contribution in [2.24, 2.45) is 5.73 Å². The number of hydrogen-bond acceptors (Lipinski definition) is 3. The van der Waals surface area contributed by atoms with Crippen LogP contribution in [0, 0.1) is 0 Å². The van der Waals surface area contributed by atoms with E-state index in [4.69, 9.17) is 10.5 Å². The smallest absolute Gasteiger partial charge is 0.272 e. The molecule has 1 heterocycles. The van der Waals surface area contributed by atoms with E-state index in [-0.39, 0.29) is 5.91 Å². The van der Waals surface area contributed by atoms with Crippen molar-refractivity contribution in [3.8, 4) is 5.75 Å². The van der Waals surface area contributed by atoms with Gasteiger partial charge in [-0.15, -0.1) is 0 Å². The Morgan fingerprint density at radius 2 is 1.95 bits per heavy atom. The molecule has 1 unspecified atom stereocenters. The highest BCUT2D eigenvalue weighted by atomic mass is 16.5. The van der Waals surface area contributed by atoms with Crippen molar-refractivity contribution >= 4 is 11.6 Å². The maximum atomic E-state index is 12.8. The van der Waals surface area contributed by atoms with Crippen molar-refractivity contribution in [3.05, 3.63) is 59.7 Å². The third-order valence-corrected chi connectivity index (χ3v) is 3.84. The zero-order valence-electron chi connectivity index (χ0n) is 12.7. The maximum absolute atomic E-state index is 12.8. The second-order valence-electron chi connectivity index (χ2n) is 5.40. The van der Waals surface area contributed by atoms with Gasteiger partial charge in [0, 0.05) is 18.7 Å². The molecular weight excluding hydrogens is 276 g/mol. The molecule has 0 saturated carbocycles. The maximum Gasteiger partial charge on any atom is 0.272 e. The Morgan fingerprint density at radius 3 is 2.64 bits per heavy atom. The van der Waals surface area contributed by atoms with Crippen LogP contribution < -0.4 is 15.4 Å². The Balaban J connectivity index is 2.04. The van der Waals surface area contributed by atoms with Gasteiger partial charge in [0.25, 0.3) is 5.91 Å². The lowest BCUT2D eigenvalue weighted by atomic mass is 10.0. The highest BCUT2D eigenvalue weighted by Crippen LogP contribution is 2.39. The third kappa shape index (κ3) is 2.57. The average molecular weight is 296 g/mol. The molecule has 1 aliphatic heterocycles. The molecule has 0 spiro atoms. The van der Waals surface area contributed by atoms with Gasteiger partial charge in [-0.25, -0.2) is 0 Å². The largest absolute Gasteiger partial charge is 0.474 e. The summed E-state index contributed by atoms with van der Waals surface area (Å²) in [5.74, 6) is 0.714. The first kappa shape index (κ1) is 14.6. The summed E-state index contributed by atoms with van der Waals surface area (Å²) in [6.07, 6.45) is 0.305. The Morgan fingerprint density at radius 1 is 1.18 bits per heavy atom. The minimum absolute atomic E-state index is 0.0129. The summed E-state index contributed by atoms with van der Waals surface area (Å²) in [6, 6.07) is 15.4. The number of benzene rings is 2. The van der Waals surface area contributed by atoms with E-state index in [1.54, 1.807) is 0 Å². The Hall–Kier alpha value is -2.33. The van der Waals surface area contributed by atoms with Crippen LogP contribution in [0.3, 0.4) is 0 Å². The number of fused-ring (bicyclic) bond motifs is 1. The van der Waals surface area contributed by atoms with Crippen LogP contribution in [-0.4, -0.2) is 12.5 Å². The van der Waals surface area contributed by atoms with E-state index >= 15 is 0 Å². The van der Waals surface area contributed by atoms with Crippen molar-refractivity contribution in [1.29, 1.82) is 0 Å². The van der Waals surface area contributed by atoms with Gasteiger partial charge in [-0.1, -0.05) is 43.3 Å². The molecule has 3 rings (SSSR count). The first-order chi connectivity index (χ1) is 10.7. The number of nitrogens with two attached hydrogens (primary N) is 1. The van der Waals surface area contributed by atoms with Crippen molar-refractivity contribution < 1.29 is 9.53 Å².